The van der Waals surface area contributed by atoms with Gasteiger partial charge in [0, 0.05) is 14.2 Å². The van der Waals surface area contributed by atoms with Gasteiger partial charge in [-0.2, -0.15) is 0 Å². The van der Waals surface area contributed by atoms with Crippen LogP contribution < -0.4 is 5.73 Å². The normalized spacial score (nSPS) is 12.8. The monoisotopic (exact) mass is 295 g/mol. The lowest BCUT2D eigenvalue weighted by Gasteiger charge is -2.11. The summed E-state index contributed by atoms with van der Waals surface area (Å²) in [7, 11) is 0. The van der Waals surface area contributed by atoms with Gasteiger partial charge in [-0.1, -0.05) is 28.1 Å². The van der Waals surface area contributed by atoms with Crippen molar-refractivity contribution in [2.24, 2.45) is 5.73 Å². The maximum Gasteiger partial charge on any atom is 0.0649 e. The lowest BCUT2D eigenvalue weighted by Crippen LogP contribution is -2.11. The molecule has 2 rings (SSSR count). The van der Waals surface area contributed by atoms with E-state index in [2.05, 4.69) is 48.0 Å². The predicted octanol–water partition coefficient (Wildman–Crippen LogP) is 4.18. The van der Waals surface area contributed by atoms with E-state index in [1.807, 2.05) is 12.1 Å². The highest BCUT2D eigenvalue weighted by Crippen LogP contribution is 2.30. The van der Waals surface area contributed by atoms with Crippen molar-refractivity contribution >= 4 is 27.3 Å². The van der Waals surface area contributed by atoms with Crippen LogP contribution in [0.2, 0.25) is 0 Å². The average molecular weight is 296 g/mol. The van der Waals surface area contributed by atoms with E-state index < -0.39 is 0 Å². The highest BCUT2D eigenvalue weighted by molar-refractivity contribution is 9.10. The summed E-state index contributed by atoms with van der Waals surface area (Å²) in [5.74, 6) is 0. The lowest BCUT2D eigenvalue weighted by atomic mass is 10.0. The highest BCUT2D eigenvalue weighted by Gasteiger charge is 2.14. The first-order chi connectivity index (χ1) is 7.58. The second-order valence-corrected chi connectivity index (χ2v) is 6.14. The number of benzene rings is 1. The van der Waals surface area contributed by atoms with Crippen molar-refractivity contribution in [3.63, 3.8) is 0 Å². The van der Waals surface area contributed by atoms with E-state index in [0.717, 1.165) is 10.0 Å². The van der Waals surface area contributed by atoms with Crippen LogP contribution in [-0.2, 0) is 0 Å². The van der Waals surface area contributed by atoms with Crippen molar-refractivity contribution in [1.29, 1.82) is 0 Å². The molecule has 84 valence electrons. The first kappa shape index (κ1) is 11.8. The Morgan fingerprint density at radius 2 is 2.00 bits per heavy atom. The number of halogens is 1. The Labute approximate surface area is 108 Å². The van der Waals surface area contributed by atoms with E-state index in [1.165, 1.54) is 15.3 Å². The smallest absolute Gasteiger partial charge is 0.0649 e. The van der Waals surface area contributed by atoms with E-state index in [9.17, 15) is 0 Å². The lowest BCUT2D eigenvalue weighted by molar-refractivity contribution is 0.884. The minimum absolute atomic E-state index is 0.0174. The van der Waals surface area contributed by atoms with E-state index in [1.54, 1.807) is 11.3 Å². The Balaban J connectivity index is 2.38. The molecule has 0 aliphatic heterocycles. The quantitative estimate of drug-likeness (QED) is 0.884. The molecule has 0 saturated carbocycles. The summed E-state index contributed by atoms with van der Waals surface area (Å²) in [4.78, 5) is 2.58. The Morgan fingerprint density at radius 1 is 1.25 bits per heavy atom. The van der Waals surface area contributed by atoms with Crippen LogP contribution in [0, 0.1) is 13.8 Å². The molecule has 2 aromatic rings. The molecule has 1 aromatic carbocycles. The maximum absolute atomic E-state index is 6.29. The van der Waals surface area contributed by atoms with Crippen LogP contribution >= 0.6 is 27.3 Å². The molecule has 16 heavy (non-hydrogen) atoms. The fourth-order valence-corrected chi connectivity index (χ4v) is 3.30. The van der Waals surface area contributed by atoms with E-state index >= 15 is 0 Å². The largest absolute Gasteiger partial charge is 0.320 e. The number of aryl methyl sites for hydroxylation is 2. The second-order valence-electron chi connectivity index (χ2n) is 3.94. The predicted molar refractivity (Wildman–Crippen MR) is 74.0 cm³/mol. The van der Waals surface area contributed by atoms with Gasteiger partial charge >= 0.3 is 0 Å². The van der Waals surface area contributed by atoms with Crippen molar-refractivity contribution in [3.05, 3.63) is 55.7 Å². The molecule has 1 heterocycles. The van der Waals surface area contributed by atoms with Gasteiger partial charge in [0.1, 0.15) is 0 Å². The van der Waals surface area contributed by atoms with Crippen molar-refractivity contribution in [2.45, 2.75) is 19.9 Å². The zero-order chi connectivity index (χ0) is 11.7. The molecule has 1 atom stereocenters. The molecule has 1 nitrogen and oxygen atoms in total. The van der Waals surface area contributed by atoms with Crippen molar-refractivity contribution < 1.29 is 0 Å². The summed E-state index contributed by atoms with van der Waals surface area (Å²) in [5, 5.41) is 0. The minimum atomic E-state index is -0.0174. The summed E-state index contributed by atoms with van der Waals surface area (Å²) in [5.41, 5.74) is 8.73. The molecule has 1 aromatic heterocycles. The number of hydrogen-bond donors (Lipinski definition) is 1. The standard InChI is InChI=1S/C13H14BrNS/c1-8-6-9(2)16-13(8)12(15)10-4-3-5-11(14)7-10/h3-7,12H,15H2,1-2H3. The third-order valence-electron chi connectivity index (χ3n) is 2.57. The molecule has 0 aliphatic carbocycles. The molecular formula is C13H14BrNS. The van der Waals surface area contributed by atoms with Gasteiger partial charge in [-0.25, -0.2) is 0 Å². The maximum atomic E-state index is 6.29. The van der Waals surface area contributed by atoms with Crippen molar-refractivity contribution in [2.75, 3.05) is 0 Å². The Morgan fingerprint density at radius 3 is 2.56 bits per heavy atom. The summed E-state index contributed by atoms with van der Waals surface area (Å²) in [6, 6.07) is 10.4. The van der Waals surface area contributed by atoms with Gasteiger partial charge in [0.05, 0.1) is 6.04 Å². The molecule has 0 aliphatic rings. The van der Waals surface area contributed by atoms with Gasteiger partial charge in [-0.05, 0) is 43.2 Å². The van der Waals surface area contributed by atoms with Crippen LogP contribution in [0.25, 0.3) is 0 Å². The number of rotatable bonds is 2. The Bertz CT molecular complexity index is 504. The zero-order valence-corrected chi connectivity index (χ0v) is 11.7. The summed E-state index contributed by atoms with van der Waals surface area (Å²) in [6.45, 7) is 4.24. The third kappa shape index (κ3) is 2.37. The molecule has 0 radical (unpaired) electrons. The fourth-order valence-electron chi connectivity index (χ4n) is 1.82. The minimum Gasteiger partial charge on any atom is -0.320 e. The Hall–Kier alpha value is -0.640. The molecule has 0 saturated heterocycles. The van der Waals surface area contributed by atoms with Gasteiger partial charge in [-0.15, -0.1) is 11.3 Å². The summed E-state index contributed by atoms with van der Waals surface area (Å²) in [6.07, 6.45) is 0. The van der Waals surface area contributed by atoms with Gasteiger partial charge < -0.3 is 5.73 Å². The van der Waals surface area contributed by atoms with Crippen LogP contribution in [0.1, 0.15) is 26.9 Å². The van der Waals surface area contributed by atoms with Crippen LogP contribution in [0.4, 0.5) is 0 Å². The van der Waals surface area contributed by atoms with Crippen molar-refractivity contribution in [3.8, 4) is 0 Å². The molecule has 0 amide bonds. The van der Waals surface area contributed by atoms with Crippen LogP contribution in [0.3, 0.4) is 0 Å². The van der Waals surface area contributed by atoms with Crippen molar-refractivity contribution in [1.82, 2.24) is 0 Å². The first-order valence-corrected chi connectivity index (χ1v) is 6.77. The van der Waals surface area contributed by atoms with Crippen LogP contribution in [0.15, 0.2) is 34.8 Å². The SMILES string of the molecule is Cc1cc(C)c(C(N)c2cccc(Br)c2)s1. The van der Waals surface area contributed by atoms with Crippen LogP contribution in [0.5, 0.6) is 0 Å². The number of thiophene rings is 1. The number of nitrogens with two attached hydrogens (primary N) is 1. The van der Waals surface area contributed by atoms with E-state index in [-0.39, 0.29) is 6.04 Å². The third-order valence-corrected chi connectivity index (χ3v) is 4.30. The molecule has 1 unspecified atom stereocenters. The molecule has 2 N–H and O–H groups in total. The zero-order valence-electron chi connectivity index (χ0n) is 9.33. The topological polar surface area (TPSA) is 26.0 Å². The molecule has 3 heteroatoms. The van der Waals surface area contributed by atoms with Gasteiger partial charge in [0.2, 0.25) is 0 Å². The molecular weight excluding hydrogens is 282 g/mol. The molecule has 0 spiro atoms. The van der Waals surface area contributed by atoms with Gasteiger partial charge in [-0.3, -0.25) is 0 Å². The van der Waals surface area contributed by atoms with Gasteiger partial charge in [0.15, 0.2) is 0 Å². The summed E-state index contributed by atoms with van der Waals surface area (Å²) >= 11 is 5.26. The van der Waals surface area contributed by atoms with E-state index in [4.69, 9.17) is 5.73 Å². The van der Waals surface area contributed by atoms with Gasteiger partial charge in [0.25, 0.3) is 0 Å². The average Bonchev–Trinajstić information content (AvgIpc) is 2.57. The second kappa shape index (κ2) is 4.70. The number of hydrogen-bond acceptors (Lipinski definition) is 2. The Kier molecular flexibility index (Phi) is 3.47. The van der Waals surface area contributed by atoms with Crippen LogP contribution in [-0.4, -0.2) is 0 Å². The van der Waals surface area contributed by atoms with E-state index in [0.29, 0.717) is 0 Å². The fraction of sp³-hybridized carbons (Fsp3) is 0.231. The first-order valence-electron chi connectivity index (χ1n) is 5.16. The molecule has 0 bridgehead atoms. The summed E-state index contributed by atoms with van der Waals surface area (Å²) < 4.78 is 1.08. The highest BCUT2D eigenvalue weighted by atomic mass is 79.9. The molecule has 0 fully saturated rings.